The Kier molecular flexibility index (Phi) is 4.15. The first kappa shape index (κ1) is 14.0. The van der Waals surface area contributed by atoms with Crippen LogP contribution in [-0.2, 0) is 0 Å². The van der Waals surface area contributed by atoms with E-state index in [1.54, 1.807) is 0 Å². The van der Waals surface area contributed by atoms with Gasteiger partial charge in [-0.05, 0) is 25.3 Å². The molecule has 1 aliphatic heterocycles. The van der Waals surface area contributed by atoms with Crippen LogP contribution in [0.15, 0.2) is 30.3 Å². The Hall–Kier alpha value is -1.95. The van der Waals surface area contributed by atoms with E-state index < -0.39 is 0 Å². The van der Waals surface area contributed by atoms with E-state index in [1.165, 1.54) is 17.1 Å². The molecule has 1 atom stereocenters. The van der Waals surface area contributed by atoms with E-state index in [4.69, 9.17) is 0 Å². The smallest absolute Gasteiger partial charge is 0.323 e. The van der Waals surface area contributed by atoms with Crippen molar-refractivity contribution in [2.24, 2.45) is 0 Å². The van der Waals surface area contributed by atoms with Gasteiger partial charge in [-0.15, -0.1) is 0 Å². The highest BCUT2D eigenvalue weighted by molar-refractivity contribution is 7.09. The van der Waals surface area contributed by atoms with Gasteiger partial charge < -0.3 is 4.90 Å². The standard InChI is InChI=1S/C15H18N4OS/c1-11-16-14(21-18-11)17-15(20)19-9-5-8-13(10-19)12-6-3-2-4-7-12/h2-4,6-7,13H,5,8-10H2,1H3,(H,16,17,18,20)/t13-/m0/s1. The third-order valence-corrected chi connectivity index (χ3v) is 4.44. The van der Waals surface area contributed by atoms with Crippen LogP contribution in [0.25, 0.3) is 0 Å². The monoisotopic (exact) mass is 302 g/mol. The molecule has 3 rings (SSSR count). The van der Waals surface area contributed by atoms with Crippen LogP contribution in [0.1, 0.15) is 30.1 Å². The van der Waals surface area contributed by atoms with Crippen molar-refractivity contribution in [2.45, 2.75) is 25.7 Å². The van der Waals surface area contributed by atoms with E-state index in [0.717, 1.165) is 25.9 Å². The summed E-state index contributed by atoms with van der Waals surface area (Å²) in [4.78, 5) is 18.4. The molecule has 1 saturated heterocycles. The Balaban J connectivity index is 1.64. The number of hydrogen-bond acceptors (Lipinski definition) is 4. The lowest BCUT2D eigenvalue weighted by molar-refractivity contribution is 0.193. The topological polar surface area (TPSA) is 58.1 Å². The number of carbonyl (C=O) groups excluding carboxylic acids is 1. The second-order valence-corrected chi connectivity index (χ2v) is 6.02. The Morgan fingerprint density at radius 1 is 1.38 bits per heavy atom. The summed E-state index contributed by atoms with van der Waals surface area (Å²) in [5.41, 5.74) is 1.31. The number of hydrogen-bond donors (Lipinski definition) is 1. The molecule has 21 heavy (non-hydrogen) atoms. The third-order valence-electron chi connectivity index (χ3n) is 3.72. The molecule has 0 unspecified atom stereocenters. The quantitative estimate of drug-likeness (QED) is 0.926. The van der Waals surface area contributed by atoms with Crippen molar-refractivity contribution in [1.82, 2.24) is 14.3 Å². The van der Waals surface area contributed by atoms with Crippen LogP contribution < -0.4 is 5.32 Å². The molecule has 1 fully saturated rings. The predicted octanol–water partition coefficient (Wildman–Crippen LogP) is 3.26. The molecule has 1 aromatic carbocycles. The summed E-state index contributed by atoms with van der Waals surface area (Å²) in [6, 6.07) is 10.3. The van der Waals surface area contributed by atoms with Crippen molar-refractivity contribution in [3.05, 3.63) is 41.7 Å². The molecule has 110 valence electrons. The first-order valence-electron chi connectivity index (χ1n) is 7.13. The van der Waals surface area contributed by atoms with Gasteiger partial charge in [-0.3, -0.25) is 5.32 Å². The molecule has 0 saturated carbocycles. The second kappa shape index (κ2) is 6.22. The minimum absolute atomic E-state index is 0.0771. The average molecular weight is 302 g/mol. The van der Waals surface area contributed by atoms with Crippen LogP contribution in [0.3, 0.4) is 0 Å². The summed E-state index contributed by atoms with van der Waals surface area (Å²) in [5, 5.41) is 3.41. The van der Waals surface area contributed by atoms with Gasteiger partial charge in [0, 0.05) is 30.5 Å². The Morgan fingerprint density at radius 3 is 2.90 bits per heavy atom. The summed E-state index contributed by atoms with van der Waals surface area (Å²) in [5.74, 6) is 1.11. The molecule has 2 amide bonds. The van der Waals surface area contributed by atoms with E-state index in [2.05, 4.69) is 38.9 Å². The molecule has 6 heteroatoms. The fourth-order valence-corrected chi connectivity index (χ4v) is 3.24. The Labute approximate surface area is 128 Å². The highest BCUT2D eigenvalue weighted by Crippen LogP contribution is 2.27. The van der Waals surface area contributed by atoms with Gasteiger partial charge in [-0.2, -0.15) is 4.37 Å². The molecule has 2 heterocycles. The maximum atomic E-state index is 12.3. The Morgan fingerprint density at radius 2 is 2.19 bits per heavy atom. The number of urea groups is 1. The number of nitrogens with one attached hydrogen (secondary N) is 1. The number of benzene rings is 1. The molecule has 5 nitrogen and oxygen atoms in total. The zero-order chi connectivity index (χ0) is 14.7. The van der Waals surface area contributed by atoms with Gasteiger partial charge in [0.1, 0.15) is 5.82 Å². The number of aryl methyl sites for hydroxylation is 1. The van der Waals surface area contributed by atoms with Gasteiger partial charge in [0.15, 0.2) is 0 Å². The third kappa shape index (κ3) is 3.39. The highest BCUT2D eigenvalue weighted by Gasteiger charge is 2.25. The Bertz CT molecular complexity index is 613. The number of anilines is 1. The molecule has 0 aliphatic carbocycles. The van der Waals surface area contributed by atoms with Crippen molar-refractivity contribution < 1.29 is 4.79 Å². The SMILES string of the molecule is Cc1nsc(NC(=O)N2CCC[C@H](c3ccccc3)C2)n1. The predicted molar refractivity (Wildman–Crippen MR) is 83.7 cm³/mol. The first-order chi connectivity index (χ1) is 10.2. The maximum Gasteiger partial charge on any atom is 0.323 e. The molecular weight excluding hydrogens is 284 g/mol. The fraction of sp³-hybridized carbons (Fsp3) is 0.400. The van der Waals surface area contributed by atoms with Crippen molar-refractivity contribution in [1.29, 1.82) is 0 Å². The van der Waals surface area contributed by atoms with Gasteiger partial charge in [-0.25, -0.2) is 9.78 Å². The number of rotatable bonds is 2. The number of nitrogens with zero attached hydrogens (tertiary/aromatic N) is 3. The summed E-state index contributed by atoms with van der Waals surface area (Å²) in [6.45, 7) is 3.37. The van der Waals surface area contributed by atoms with Gasteiger partial charge in [-0.1, -0.05) is 30.3 Å². The van der Waals surface area contributed by atoms with Crippen LogP contribution in [0.2, 0.25) is 0 Å². The number of carbonyl (C=O) groups is 1. The lowest BCUT2D eigenvalue weighted by Crippen LogP contribution is -2.41. The first-order valence-corrected chi connectivity index (χ1v) is 7.91. The zero-order valence-corrected chi connectivity index (χ0v) is 12.8. The van der Waals surface area contributed by atoms with Crippen LogP contribution in [-0.4, -0.2) is 33.4 Å². The van der Waals surface area contributed by atoms with Crippen LogP contribution in [0.5, 0.6) is 0 Å². The van der Waals surface area contributed by atoms with E-state index >= 15 is 0 Å². The van der Waals surface area contributed by atoms with E-state index in [1.807, 2.05) is 17.9 Å². The van der Waals surface area contributed by atoms with E-state index in [-0.39, 0.29) is 6.03 Å². The minimum atomic E-state index is -0.0771. The van der Waals surface area contributed by atoms with Gasteiger partial charge in [0.25, 0.3) is 0 Å². The van der Waals surface area contributed by atoms with Gasteiger partial charge >= 0.3 is 6.03 Å². The lowest BCUT2D eigenvalue weighted by atomic mass is 9.91. The normalized spacial score (nSPS) is 18.5. The number of piperidine rings is 1. The molecule has 1 aliphatic rings. The maximum absolute atomic E-state index is 12.3. The van der Waals surface area contributed by atoms with Crippen molar-refractivity contribution in [2.75, 3.05) is 18.4 Å². The summed E-state index contributed by atoms with van der Waals surface area (Å²) in [7, 11) is 0. The fourth-order valence-electron chi connectivity index (χ4n) is 2.68. The minimum Gasteiger partial charge on any atom is -0.324 e. The average Bonchev–Trinajstić information content (AvgIpc) is 2.93. The van der Waals surface area contributed by atoms with Gasteiger partial charge in [0.05, 0.1) is 0 Å². The van der Waals surface area contributed by atoms with Crippen molar-refractivity contribution >= 4 is 22.7 Å². The van der Waals surface area contributed by atoms with E-state index in [0.29, 0.717) is 16.9 Å². The largest absolute Gasteiger partial charge is 0.324 e. The number of amides is 2. The zero-order valence-electron chi connectivity index (χ0n) is 12.0. The lowest BCUT2D eigenvalue weighted by Gasteiger charge is -2.32. The van der Waals surface area contributed by atoms with Gasteiger partial charge in [0.2, 0.25) is 5.13 Å². The van der Waals surface area contributed by atoms with Crippen molar-refractivity contribution in [3.63, 3.8) is 0 Å². The van der Waals surface area contributed by atoms with Crippen LogP contribution in [0, 0.1) is 6.92 Å². The molecule has 0 bridgehead atoms. The summed E-state index contributed by atoms with van der Waals surface area (Å²) in [6.07, 6.45) is 2.16. The molecular formula is C15H18N4OS. The van der Waals surface area contributed by atoms with Crippen molar-refractivity contribution in [3.8, 4) is 0 Å². The van der Waals surface area contributed by atoms with Crippen LogP contribution in [0.4, 0.5) is 9.93 Å². The summed E-state index contributed by atoms with van der Waals surface area (Å²) >= 11 is 1.22. The number of likely N-dealkylation sites (tertiary alicyclic amines) is 1. The van der Waals surface area contributed by atoms with Crippen LogP contribution >= 0.6 is 11.5 Å². The number of aromatic nitrogens is 2. The molecule has 1 N–H and O–H groups in total. The molecule has 0 radical (unpaired) electrons. The molecule has 1 aromatic heterocycles. The van der Waals surface area contributed by atoms with E-state index in [9.17, 15) is 4.79 Å². The summed E-state index contributed by atoms with van der Waals surface area (Å²) < 4.78 is 4.07. The molecule has 2 aromatic rings. The highest BCUT2D eigenvalue weighted by atomic mass is 32.1. The molecule has 0 spiro atoms. The second-order valence-electron chi connectivity index (χ2n) is 5.27.